The van der Waals surface area contributed by atoms with Crippen LogP contribution in [0.25, 0.3) is 0 Å². The van der Waals surface area contributed by atoms with Crippen molar-refractivity contribution >= 4 is 31.5 Å². The lowest BCUT2D eigenvalue weighted by atomic mass is 10.2. The van der Waals surface area contributed by atoms with Crippen LogP contribution in [0.4, 0.5) is 0 Å². The summed E-state index contributed by atoms with van der Waals surface area (Å²) in [6.07, 6.45) is 0. The Morgan fingerprint density at radius 2 is 1.90 bits per heavy atom. The van der Waals surface area contributed by atoms with Crippen LogP contribution in [0.15, 0.2) is 23.1 Å². The third-order valence-corrected chi connectivity index (χ3v) is 7.20. The molecule has 118 valence electrons. The van der Waals surface area contributed by atoms with Gasteiger partial charge in [0, 0.05) is 24.7 Å². The van der Waals surface area contributed by atoms with Gasteiger partial charge in [-0.05, 0) is 30.8 Å². The standard InChI is InChI=1S/C12H17ClN2O4S2/c1-14-9-10-8-11(2-3-12(10)13)21(18,19)15-4-6-20(16,17)7-5-15/h2-3,8,14H,4-7,9H2,1H3. The molecule has 0 radical (unpaired) electrons. The van der Waals surface area contributed by atoms with E-state index in [9.17, 15) is 16.8 Å². The van der Waals surface area contributed by atoms with Crippen molar-refractivity contribution in [3.05, 3.63) is 28.8 Å². The molecular formula is C12H17ClN2O4S2. The predicted octanol–water partition coefficient (Wildman–Crippen LogP) is 0.479. The van der Waals surface area contributed by atoms with Crippen molar-refractivity contribution in [3.63, 3.8) is 0 Å². The van der Waals surface area contributed by atoms with Gasteiger partial charge in [-0.2, -0.15) is 4.31 Å². The van der Waals surface area contributed by atoms with Crippen molar-refractivity contribution in [1.82, 2.24) is 9.62 Å². The molecule has 6 nitrogen and oxygen atoms in total. The third-order valence-electron chi connectivity index (χ3n) is 3.33. The molecule has 0 saturated carbocycles. The Morgan fingerprint density at radius 1 is 1.29 bits per heavy atom. The van der Waals surface area contributed by atoms with E-state index in [1.165, 1.54) is 16.4 Å². The molecule has 0 spiro atoms. The molecule has 1 saturated heterocycles. The average Bonchev–Trinajstić information content (AvgIpc) is 2.41. The summed E-state index contributed by atoms with van der Waals surface area (Å²) in [5.41, 5.74) is 0.685. The van der Waals surface area contributed by atoms with E-state index in [0.717, 1.165) is 0 Å². The maximum atomic E-state index is 12.5. The number of hydrogen-bond acceptors (Lipinski definition) is 5. The van der Waals surface area contributed by atoms with Gasteiger partial charge in [-0.3, -0.25) is 0 Å². The zero-order valence-electron chi connectivity index (χ0n) is 11.5. The average molecular weight is 353 g/mol. The Bertz CT molecular complexity index is 718. The summed E-state index contributed by atoms with van der Waals surface area (Å²) < 4.78 is 49.1. The summed E-state index contributed by atoms with van der Waals surface area (Å²) in [4.78, 5) is 0.136. The Labute approximate surface area is 130 Å². The Hall–Kier alpha value is -0.670. The van der Waals surface area contributed by atoms with Crippen molar-refractivity contribution in [1.29, 1.82) is 0 Å². The van der Waals surface area contributed by atoms with Gasteiger partial charge in [-0.25, -0.2) is 16.8 Å². The quantitative estimate of drug-likeness (QED) is 0.852. The number of rotatable bonds is 4. The highest BCUT2D eigenvalue weighted by Gasteiger charge is 2.31. The molecule has 0 aromatic heterocycles. The summed E-state index contributed by atoms with van der Waals surface area (Å²) in [6.45, 7) is 0.444. The molecule has 0 aliphatic carbocycles. The lowest BCUT2D eigenvalue weighted by Gasteiger charge is -2.26. The van der Waals surface area contributed by atoms with Gasteiger partial charge in [-0.15, -0.1) is 0 Å². The van der Waals surface area contributed by atoms with E-state index in [0.29, 0.717) is 17.1 Å². The fourth-order valence-corrected chi connectivity index (χ4v) is 5.23. The molecule has 1 heterocycles. The Kier molecular flexibility index (Phi) is 4.94. The van der Waals surface area contributed by atoms with Crippen molar-refractivity contribution in [3.8, 4) is 0 Å². The van der Waals surface area contributed by atoms with Gasteiger partial charge in [0.25, 0.3) is 0 Å². The monoisotopic (exact) mass is 352 g/mol. The second kappa shape index (κ2) is 6.21. The number of nitrogens with one attached hydrogen (secondary N) is 1. The molecule has 1 aromatic carbocycles. The maximum Gasteiger partial charge on any atom is 0.243 e. The van der Waals surface area contributed by atoms with Crippen LogP contribution in [-0.4, -0.2) is 52.8 Å². The van der Waals surface area contributed by atoms with Gasteiger partial charge >= 0.3 is 0 Å². The number of halogens is 1. The van der Waals surface area contributed by atoms with Gasteiger partial charge in [0.1, 0.15) is 0 Å². The lowest BCUT2D eigenvalue weighted by Crippen LogP contribution is -2.43. The highest BCUT2D eigenvalue weighted by Crippen LogP contribution is 2.24. The molecule has 21 heavy (non-hydrogen) atoms. The Morgan fingerprint density at radius 3 is 2.48 bits per heavy atom. The van der Waals surface area contributed by atoms with E-state index in [-0.39, 0.29) is 29.5 Å². The molecule has 9 heteroatoms. The van der Waals surface area contributed by atoms with E-state index >= 15 is 0 Å². The predicted molar refractivity (Wildman–Crippen MR) is 81.6 cm³/mol. The van der Waals surface area contributed by atoms with Crippen LogP contribution < -0.4 is 5.32 Å². The third kappa shape index (κ3) is 3.75. The van der Waals surface area contributed by atoms with Crippen molar-refractivity contribution in [2.24, 2.45) is 0 Å². The SMILES string of the molecule is CNCc1cc(S(=O)(=O)N2CCS(=O)(=O)CC2)ccc1Cl. The second-order valence-electron chi connectivity index (χ2n) is 4.84. The van der Waals surface area contributed by atoms with Crippen molar-refractivity contribution < 1.29 is 16.8 Å². The van der Waals surface area contributed by atoms with Gasteiger partial charge in [0.15, 0.2) is 9.84 Å². The van der Waals surface area contributed by atoms with Crippen LogP contribution in [0.2, 0.25) is 5.02 Å². The summed E-state index contributed by atoms with van der Waals surface area (Å²) in [5.74, 6) is -0.271. The second-order valence-corrected chi connectivity index (χ2v) is 9.49. The fourth-order valence-electron chi connectivity index (χ4n) is 2.12. The van der Waals surface area contributed by atoms with E-state index in [2.05, 4.69) is 5.32 Å². The van der Waals surface area contributed by atoms with Crippen molar-refractivity contribution in [2.45, 2.75) is 11.4 Å². The molecule has 0 bridgehead atoms. The molecule has 1 aliphatic heterocycles. The topological polar surface area (TPSA) is 83.6 Å². The van der Waals surface area contributed by atoms with E-state index in [1.54, 1.807) is 13.1 Å². The summed E-state index contributed by atoms with van der Waals surface area (Å²) in [7, 11) is -5.06. The molecule has 0 amide bonds. The lowest BCUT2D eigenvalue weighted by molar-refractivity contribution is 0.430. The first-order valence-corrected chi connectivity index (χ1v) is 10.0. The first-order valence-electron chi connectivity index (χ1n) is 6.40. The smallest absolute Gasteiger partial charge is 0.243 e. The van der Waals surface area contributed by atoms with E-state index in [1.807, 2.05) is 0 Å². The molecule has 1 N–H and O–H groups in total. The van der Waals surface area contributed by atoms with Crippen LogP contribution >= 0.6 is 11.6 Å². The fraction of sp³-hybridized carbons (Fsp3) is 0.500. The summed E-state index contributed by atoms with van der Waals surface area (Å²) in [6, 6.07) is 4.51. The first-order chi connectivity index (χ1) is 9.76. The molecule has 2 rings (SSSR count). The number of hydrogen-bond donors (Lipinski definition) is 1. The maximum absolute atomic E-state index is 12.5. The zero-order valence-corrected chi connectivity index (χ0v) is 13.9. The van der Waals surface area contributed by atoms with Crippen molar-refractivity contribution in [2.75, 3.05) is 31.6 Å². The van der Waals surface area contributed by atoms with Gasteiger partial charge in [-0.1, -0.05) is 11.6 Å². The zero-order chi connectivity index (χ0) is 15.7. The number of sulfonamides is 1. The Balaban J connectivity index is 2.30. The van der Waals surface area contributed by atoms with Gasteiger partial charge in [0.05, 0.1) is 16.4 Å². The number of benzene rings is 1. The normalized spacial score (nSPS) is 19.5. The highest BCUT2D eigenvalue weighted by molar-refractivity contribution is 7.92. The summed E-state index contributed by atoms with van der Waals surface area (Å²) >= 11 is 6.02. The van der Waals surface area contributed by atoms with E-state index < -0.39 is 19.9 Å². The summed E-state index contributed by atoms with van der Waals surface area (Å²) in [5, 5.41) is 3.41. The largest absolute Gasteiger partial charge is 0.316 e. The minimum Gasteiger partial charge on any atom is -0.316 e. The van der Waals surface area contributed by atoms with Crippen LogP contribution in [0.3, 0.4) is 0 Å². The molecule has 1 aromatic rings. The number of nitrogens with zero attached hydrogens (tertiary/aromatic N) is 1. The molecule has 0 atom stereocenters. The van der Waals surface area contributed by atoms with Gasteiger partial charge < -0.3 is 5.32 Å². The number of sulfone groups is 1. The minimum absolute atomic E-state index is 0.00530. The van der Waals surface area contributed by atoms with Crippen LogP contribution in [-0.2, 0) is 26.4 Å². The minimum atomic E-state index is -3.69. The van der Waals surface area contributed by atoms with E-state index in [4.69, 9.17) is 11.6 Å². The molecular weight excluding hydrogens is 336 g/mol. The molecule has 0 unspecified atom stereocenters. The molecule has 1 fully saturated rings. The van der Waals surface area contributed by atoms with Gasteiger partial charge in [0.2, 0.25) is 10.0 Å². The van der Waals surface area contributed by atoms with Crippen LogP contribution in [0, 0.1) is 0 Å². The highest BCUT2D eigenvalue weighted by atomic mass is 35.5. The molecule has 1 aliphatic rings. The van der Waals surface area contributed by atoms with Crippen LogP contribution in [0.1, 0.15) is 5.56 Å². The first kappa shape index (κ1) is 16.7. The van der Waals surface area contributed by atoms with Crippen LogP contribution in [0.5, 0.6) is 0 Å².